The molecule has 0 aliphatic carbocycles. The SMILES string of the molecule is COc1cc(Cc2cnc(N)nc2N)cc(OC)c1OCC(=O)N(CC(O)COC1CC(C)(C)N([O])C(C)(C)C1)C1CC(C)(C)N([O-])C(C)(C)C1. The minimum atomic E-state index is -1.03. The molecule has 1 atom stereocenters. The number of aliphatic hydroxyl groups is 1. The van der Waals surface area contributed by atoms with Crippen LogP contribution in [0.3, 0.4) is 0 Å². The highest BCUT2D eigenvalue weighted by molar-refractivity contribution is 5.78. The van der Waals surface area contributed by atoms with Crippen molar-refractivity contribution in [1.82, 2.24) is 25.0 Å². The molecule has 15 heteroatoms. The number of aliphatic hydroxyl groups excluding tert-OH is 1. The Labute approximate surface area is 301 Å². The Hall–Kier alpha value is -3.47. The van der Waals surface area contributed by atoms with E-state index in [1.54, 1.807) is 23.2 Å². The molecule has 0 spiro atoms. The van der Waals surface area contributed by atoms with E-state index in [4.69, 9.17) is 30.4 Å². The van der Waals surface area contributed by atoms with E-state index in [1.807, 2.05) is 55.4 Å². The molecule has 2 aliphatic heterocycles. The number of piperidine rings is 2. The van der Waals surface area contributed by atoms with Crippen LogP contribution in [0.15, 0.2) is 18.3 Å². The zero-order valence-corrected chi connectivity index (χ0v) is 31.8. The van der Waals surface area contributed by atoms with Crippen molar-refractivity contribution < 1.29 is 34.1 Å². The van der Waals surface area contributed by atoms with Crippen molar-refractivity contribution in [3.8, 4) is 17.2 Å². The molecular weight excluding hydrogens is 658 g/mol. The van der Waals surface area contributed by atoms with E-state index in [0.29, 0.717) is 49.2 Å². The molecule has 2 fully saturated rings. The summed E-state index contributed by atoms with van der Waals surface area (Å²) in [5, 5.41) is 39.6. The van der Waals surface area contributed by atoms with Gasteiger partial charge in [0.05, 0.1) is 33.0 Å². The molecule has 1 aromatic heterocycles. The lowest BCUT2D eigenvalue weighted by atomic mass is 9.78. The van der Waals surface area contributed by atoms with Gasteiger partial charge in [-0.15, -0.1) is 10.3 Å². The summed E-state index contributed by atoms with van der Waals surface area (Å²) in [6.45, 7) is 14.6. The normalized spacial score (nSPS) is 21.2. The molecule has 0 saturated carbocycles. The summed E-state index contributed by atoms with van der Waals surface area (Å²) in [5.41, 5.74) is 10.3. The van der Waals surface area contributed by atoms with E-state index < -0.39 is 28.3 Å². The van der Waals surface area contributed by atoms with E-state index >= 15 is 0 Å². The number of benzene rings is 1. The number of nitrogens with zero attached hydrogens (tertiary/aromatic N) is 5. The number of hydroxylamine groups is 4. The summed E-state index contributed by atoms with van der Waals surface area (Å²) in [6, 6.07) is 3.14. The number of hydrogen-bond donors (Lipinski definition) is 3. The fraction of sp³-hybridized carbons (Fsp3) is 0.694. The van der Waals surface area contributed by atoms with Gasteiger partial charge in [0.25, 0.3) is 5.91 Å². The fourth-order valence-corrected chi connectivity index (χ4v) is 7.89. The maximum atomic E-state index is 14.1. The monoisotopic (exact) mass is 715 g/mol. The van der Waals surface area contributed by atoms with Gasteiger partial charge in [-0.2, -0.15) is 4.98 Å². The summed E-state index contributed by atoms with van der Waals surface area (Å²) in [7, 11) is 2.97. The zero-order chi connectivity index (χ0) is 38.1. The third-order valence-electron chi connectivity index (χ3n) is 9.99. The number of nitrogens with two attached hydrogens (primary N) is 2. The molecule has 285 valence electrons. The summed E-state index contributed by atoms with van der Waals surface area (Å²) < 4.78 is 23.6. The van der Waals surface area contributed by atoms with Crippen LogP contribution in [-0.2, 0) is 21.2 Å². The van der Waals surface area contributed by atoms with E-state index in [0.717, 1.165) is 15.7 Å². The van der Waals surface area contributed by atoms with Gasteiger partial charge in [0.15, 0.2) is 18.1 Å². The van der Waals surface area contributed by atoms with Gasteiger partial charge in [-0.05, 0) is 98.8 Å². The first kappa shape index (κ1) is 40.3. The van der Waals surface area contributed by atoms with Crippen LogP contribution in [0.25, 0.3) is 0 Å². The van der Waals surface area contributed by atoms with Gasteiger partial charge < -0.3 is 50.7 Å². The molecule has 2 aliphatic rings. The van der Waals surface area contributed by atoms with Gasteiger partial charge in [-0.3, -0.25) is 4.79 Å². The number of carbonyl (C=O) groups is 1. The number of aromatic nitrogens is 2. The maximum absolute atomic E-state index is 14.1. The fourth-order valence-electron chi connectivity index (χ4n) is 7.89. The zero-order valence-electron chi connectivity index (χ0n) is 31.8. The highest BCUT2D eigenvalue weighted by Crippen LogP contribution is 2.42. The number of rotatable bonds is 13. The smallest absolute Gasteiger partial charge is 0.260 e. The van der Waals surface area contributed by atoms with Gasteiger partial charge in [-0.1, -0.05) is 0 Å². The van der Waals surface area contributed by atoms with Crippen LogP contribution in [0, 0.1) is 5.21 Å². The van der Waals surface area contributed by atoms with Crippen molar-refractivity contribution in [3.63, 3.8) is 0 Å². The van der Waals surface area contributed by atoms with Crippen molar-refractivity contribution in [1.29, 1.82) is 0 Å². The lowest BCUT2D eigenvalue weighted by Crippen LogP contribution is -2.63. The highest BCUT2D eigenvalue weighted by Gasteiger charge is 2.47. The molecule has 1 amide bonds. The molecule has 3 heterocycles. The second-order valence-electron chi connectivity index (χ2n) is 16.4. The molecule has 51 heavy (non-hydrogen) atoms. The van der Waals surface area contributed by atoms with Crippen LogP contribution in [0.4, 0.5) is 11.8 Å². The first-order chi connectivity index (χ1) is 23.6. The second kappa shape index (κ2) is 15.2. The van der Waals surface area contributed by atoms with E-state index in [1.165, 1.54) is 14.2 Å². The molecule has 15 nitrogen and oxygen atoms in total. The molecule has 0 bridgehead atoms. The summed E-state index contributed by atoms with van der Waals surface area (Å²) in [6.07, 6.45) is 2.45. The third kappa shape index (κ3) is 9.31. The van der Waals surface area contributed by atoms with Crippen LogP contribution < -0.4 is 25.7 Å². The number of methoxy groups -OCH3 is 2. The lowest BCUT2D eigenvalue weighted by Gasteiger charge is -2.61. The number of carbonyl (C=O) groups excluding carboxylic acids is 1. The Morgan fingerprint density at radius 3 is 2.04 bits per heavy atom. The Morgan fingerprint density at radius 2 is 1.53 bits per heavy atom. The van der Waals surface area contributed by atoms with E-state index in [2.05, 4.69) is 9.97 Å². The van der Waals surface area contributed by atoms with E-state index in [9.17, 15) is 20.3 Å². The van der Waals surface area contributed by atoms with Crippen molar-refractivity contribution in [2.24, 2.45) is 0 Å². The second-order valence-corrected chi connectivity index (χ2v) is 16.4. The van der Waals surface area contributed by atoms with Crippen molar-refractivity contribution >= 4 is 17.7 Å². The number of nitrogen functional groups attached to an aromatic ring is 2. The van der Waals surface area contributed by atoms with Crippen LogP contribution in [0.2, 0.25) is 0 Å². The third-order valence-corrected chi connectivity index (χ3v) is 9.99. The standard InChI is InChI=1S/C36H57N7O8/c1-33(2)14-24(15-34(3,4)42(33)46)41(19-25(44)20-50-26-16-35(5,6)43(47)36(7,8)17-26)29(45)21-51-30-27(48-9)12-22(13-28(30)49-10)11-23-18-39-32(38)40-31(23)37/h12-13,18,24-26,44H,11,14-17,19-21H2,1-10H3,(H4,37,38,39,40)/q-1. The van der Waals surface area contributed by atoms with Gasteiger partial charge in [0, 0.05) is 52.9 Å². The number of hydrogen-bond acceptors (Lipinski definition) is 13. The topological polar surface area (TPSA) is 205 Å². The van der Waals surface area contributed by atoms with Crippen LogP contribution >= 0.6 is 0 Å². The Morgan fingerprint density at radius 1 is 0.980 bits per heavy atom. The van der Waals surface area contributed by atoms with Gasteiger partial charge in [-0.25, -0.2) is 4.98 Å². The van der Waals surface area contributed by atoms with Crippen molar-refractivity contribution in [2.75, 3.05) is 45.4 Å². The van der Waals surface area contributed by atoms with Gasteiger partial charge in [0.2, 0.25) is 11.7 Å². The highest BCUT2D eigenvalue weighted by atomic mass is 16.5. The number of ether oxygens (including phenoxy) is 4. The molecular formula is C36H57N7O8-. The number of anilines is 2. The molecule has 4 rings (SSSR count). The maximum Gasteiger partial charge on any atom is 0.260 e. The van der Waals surface area contributed by atoms with Crippen LogP contribution in [-0.4, -0.2) is 110 Å². The lowest BCUT2D eigenvalue weighted by molar-refractivity contribution is -0.301. The molecule has 1 radical (unpaired) electrons. The number of amides is 1. The summed E-state index contributed by atoms with van der Waals surface area (Å²) in [4.78, 5) is 23.8. The molecule has 1 unspecified atom stereocenters. The predicted molar refractivity (Wildman–Crippen MR) is 192 cm³/mol. The minimum absolute atomic E-state index is 0.0276. The van der Waals surface area contributed by atoms with Crippen LogP contribution in [0.5, 0.6) is 17.2 Å². The Bertz CT molecular complexity index is 1470. The summed E-state index contributed by atoms with van der Waals surface area (Å²) in [5.74, 6) is 0.856. The van der Waals surface area contributed by atoms with Crippen LogP contribution in [0.1, 0.15) is 92.2 Å². The first-order valence-electron chi connectivity index (χ1n) is 17.4. The average Bonchev–Trinajstić information content (AvgIpc) is 3.03. The average molecular weight is 716 g/mol. The predicted octanol–water partition coefficient (Wildman–Crippen LogP) is 3.72. The van der Waals surface area contributed by atoms with Gasteiger partial charge >= 0.3 is 0 Å². The first-order valence-corrected chi connectivity index (χ1v) is 17.4. The Balaban J connectivity index is 1.54. The Kier molecular flexibility index (Phi) is 12.1. The molecule has 2 saturated heterocycles. The molecule has 5 N–H and O–H groups in total. The van der Waals surface area contributed by atoms with Gasteiger partial charge in [0.1, 0.15) is 5.82 Å². The minimum Gasteiger partial charge on any atom is -0.784 e. The van der Waals surface area contributed by atoms with Crippen molar-refractivity contribution in [2.45, 2.75) is 128 Å². The quantitative estimate of drug-likeness (QED) is 0.271. The summed E-state index contributed by atoms with van der Waals surface area (Å²) >= 11 is 0. The molecule has 2 aromatic rings. The van der Waals surface area contributed by atoms with E-state index in [-0.39, 0.29) is 55.3 Å². The molecule has 1 aromatic carbocycles. The largest absolute Gasteiger partial charge is 0.784 e. The van der Waals surface area contributed by atoms with Crippen molar-refractivity contribution in [3.05, 3.63) is 34.7 Å².